The molecular weight excluding hydrogens is 346 g/mol. The van der Waals surface area contributed by atoms with Crippen LogP contribution in [0.25, 0.3) is 10.9 Å². The van der Waals surface area contributed by atoms with Gasteiger partial charge < -0.3 is 5.32 Å². The lowest BCUT2D eigenvalue weighted by Crippen LogP contribution is -2.27. The highest BCUT2D eigenvalue weighted by Gasteiger charge is 2.26. The summed E-state index contributed by atoms with van der Waals surface area (Å²) >= 11 is 0. The summed E-state index contributed by atoms with van der Waals surface area (Å²) in [7, 11) is -3.58. The number of hydrogen-bond donors (Lipinski definition) is 1. The maximum atomic E-state index is 13.1. The Kier molecular flexibility index (Phi) is 4.54. The summed E-state index contributed by atoms with van der Waals surface area (Å²) in [5.74, 6) is 0.249. The third-order valence-corrected chi connectivity index (χ3v) is 6.52. The molecule has 0 saturated carbocycles. The first-order valence-corrected chi connectivity index (χ1v) is 10.6. The van der Waals surface area contributed by atoms with Gasteiger partial charge >= 0.3 is 0 Å². The predicted molar refractivity (Wildman–Crippen MR) is 104 cm³/mol. The van der Waals surface area contributed by atoms with Crippen LogP contribution in [0.3, 0.4) is 0 Å². The molecule has 4 rings (SSSR count). The lowest BCUT2D eigenvalue weighted by molar-refractivity contribution is 0.453. The predicted octanol–water partition coefficient (Wildman–Crippen LogP) is 3.19. The Morgan fingerprint density at radius 3 is 2.58 bits per heavy atom. The van der Waals surface area contributed by atoms with Crippen molar-refractivity contribution in [1.29, 1.82) is 0 Å². The van der Waals surface area contributed by atoms with E-state index >= 15 is 0 Å². The highest BCUT2D eigenvalue weighted by atomic mass is 32.2. The average molecular weight is 369 g/mol. The molecule has 1 aliphatic heterocycles. The third kappa shape index (κ3) is 3.27. The van der Waals surface area contributed by atoms with Gasteiger partial charge in [0.15, 0.2) is 0 Å². The summed E-state index contributed by atoms with van der Waals surface area (Å²) in [6, 6.07) is 15.2. The van der Waals surface area contributed by atoms with Crippen LogP contribution in [0.1, 0.15) is 35.6 Å². The van der Waals surface area contributed by atoms with Crippen molar-refractivity contribution in [3.63, 3.8) is 0 Å². The van der Waals surface area contributed by atoms with Crippen LogP contribution >= 0.6 is 0 Å². The number of piperidine rings is 1. The van der Waals surface area contributed by atoms with Crippen molar-refractivity contribution < 1.29 is 8.42 Å². The quantitative estimate of drug-likeness (QED) is 0.767. The van der Waals surface area contributed by atoms with Crippen LogP contribution < -0.4 is 5.32 Å². The Morgan fingerprint density at radius 2 is 1.85 bits per heavy atom. The number of nitrogens with one attached hydrogen (secondary N) is 1. The summed E-state index contributed by atoms with van der Waals surface area (Å²) in [4.78, 5) is 0. The van der Waals surface area contributed by atoms with E-state index in [1.165, 1.54) is 4.09 Å². The van der Waals surface area contributed by atoms with Gasteiger partial charge in [-0.1, -0.05) is 42.5 Å². The maximum absolute atomic E-state index is 13.1. The Bertz CT molecular complexity index is 1020. The molecule has 1 fully saturated rings. The highest BCUT2D eigenvalue weighted by Crippen LogP contribution is 2.32. The minimum atomic E-state index is -3.58. The SMILES string of the molecule is Cc1ccc2c(C3CCNCC3)nn(S(=O)(=O)Cc3ccccc3)c2c1. The Morgan fingerprint density at radius 1 is 1.12 bits per heavy atom. The fraction of sp³-hybridized carbons (Fsp3) is 0.350. The molecule has 1 aromatic heterocycles. The normalized spacial score (nSPS) is 16.2. The van der Waals surface area contributed by atoms with Crippen LogP contribution in [0.5, 0.6) is 0 Å². The molecule has 136 valence electrons. The number of benzene rings is 2. The molecule has 0 unspecified atom stereocenters. The second-order valence-corrected chi connectivity index (χ2v) is 8.81. The van der Waals surface area contributed by atoms with Crippen molar-refractivity contribution in [3.05, 3.63) is 65.4 Å². The van der Waals surface area contributed by atoms with Crippen molar-refractivity contribution in [2.24, 2.45) is 0 Å². The maximum Gasteiger partial charge on any atom is 0.258 e. The van der Waals surface area contributed by atoms with E-state index < -0.39 is 10.0 Å². The average Bonchev–Trinajstić information content (AvgIpc) is 3.02. The Balaban J connectivity index is 1.82. The van der Waals surface area contributed by atoms with Crippen LogP contribution in [-0.4, -0.2) is 30.7 Å². The standard InChI is InChI=1S/C20H23N3O2S/c1-15-7-8-18-19(13-15)23(22-20(18)17-9-11-21-12-10-17)26(24,25)14-16-5-3-2-4-6-16/h2-8,13,17,21H,9-12,14H2,1H3. The van der Waals surface area contributed by atoms with E-state index in [9.17, 15) is 8.42 Å². The van der Waals surface area contributed by atoms with Crippen molar-refractivity contribution in [1.82, 2.24) is 14.5 Å². The van der Waals surface area contributed by atoms with Gasteiger partial charge in [0, 0.05) is 11.3 Å². The van der Waals surface area contributed by atoms with E-state index in [2.05, 4.69) is 10.4 Å². The molecule has 0 spiro atoms. The molecule has 0 amide bonds. The van der Waals surface area contributed by atoms with E-state index in [4.69, 9.17) is 0 Å². The molecule has 0 bridgehead atoms. The zero-order valence-electron chi connectivity index (χ0n) is 14.9. The molecule has 1 aliphatic rings. The fourth-order valence-electron chi connectivity index (χ4n) is 3.68. The minimum absolute atomic E-state index is 0.0514. The van der Waals surface area contributed by atoms with Crippen LogP contribution in [0.2, 0.25) is 0 Å². The van der Waals surface area contributed by atoms with Crippen molar-refractivity contribution in [2.75, 3.05) is 13.1 Å². The van der Waals surface area contributed by atoms with Gasteiger partial charge in [-0.3, -0.25) is 0 Å². The van der Waals surface area contributed by atoms with Gasteiger partial charge in [0.1, 0.15) is 0 Å². The van der Waals surface area contributed by atoms with Gasteiger partial charge in [0.05, 0.1) is 17.0 Å². The largest absolute Gasteiger partial charge is 0.317 e. The van der Waals surface area contributed by atoms with Gasteiger partial charge in [-0.25, -0.2) is 8.42 Å². The number of hydrogen-bond acceptors (Lipinski definition) is 4. The molecule has 6 heteroatoms. The number of aromatic nitrogens is 2. The second kappa shape index (κ2) is 6.85. The summed E-state index contributed by atoms with van der Waals surface area (Å²) < 4.78 is 27.5. The van der Waals surface area contributed by atoms with E-state index in [0.717, 1.165) is 48.1 Å². The fourth-order valence-corrected chi connectivity index (χ4v) is 5.08. The number of fused-ring (bicyclic) bond motifs is 1. The molecule has 1 saturated heterocycles. The molecule has 0 atom stereocenters. The topological polar surface area (TPSA) is 64.0 Å². The number of rotatable bonds is 4. The zero-order chi connectivity index (χ0) is 18.1. The lowest BCUT2D eigenvalue weighted by Gasteiger charge is -2.21. The summed E-state index contributed by atoms with van der Waals surface area (Å²) in [6.45, 7) is 3.87. The number of nitrogens with zero attached hydrogens (tertiary/aromatic N) is 2. The molecule has 26 heavy (non-hydrogen) atoms. The van der Waals surface area contributed by atoms with Gasteiger partial charge in [0.25, 0.3) is 10.0 Å². The smallest absolute Gasteiger partial charge is 0.258 e. The van der Waals surface area contributed by atoms with Gasteiger partial charge in [-0.15, -0.1) is 0 Å². The minimum Gasteiger partial charge on any atom is -0.317 e. The van der Waals surface area contributed by atoms with Gasteiger partial charge in [-0.2, -0.15) is 9.19 Å². The summed E-state index contributed by atoms with van der Waals surface area (Å²) in [5.41, 5.74) is 3.41. The summed E-state index contributed by atoms with van der Waals surface area (Å²) in [5, 5.41) is 8.94. The third-order valence-electron chi connectivity index (χ3n) is 5.02. The first-order chi connectivity index (χ1) is 12.5. The Labute approximate surface area is 154 Å². The van der Waals surface area contributed by atoms with Crippen LogP contribution in [-0.2, 0) is 15.8 Å². The van der Waals surface area contributed by atoms with E-state index in [1.54, 1.807) is 0 Å². The molecule has 2 heterocycles. The number of aryl methyl sites for hydroxylation is 1. The lowest BCUT2D eigenvalue weighted by atomic mass is 9.92. The van der Waals surface area contributed by atoms with E-state index in [0.29, 0.717) is 11.4 Å². The molecule has 1 N–H and O–H groups in total. The molecule has 2 aromatic carbocycles. The van der Waals surface area contributed by atoms with Crippen molar-refractivity contribution >= 4 is 20.9 Å². The van der Waals surface area contributed by atoms with Crippen molar-refractivity contribution in [2.45, 2.75) is 31.4 Å². The first kappa shape index (κ1) is 17.2. The Hall–Kier alpha value is -2.18. The second-order valence-electron chi connectivity index (χ2n) is 7.01. The summed E-state index contributed by atoms with van der Waals surface area (Å²) in [6.07, 6.45) is 1.97. The van der Waals surface area contributed by atoms with Gasteiger partial charge in [0.2, 0.25) is 0 Å². The van der Waals surface area contributed by atoms with Gasteiger partial charge in [-0.05, 0) is 50.0 Å². The van der Waals surface area contributed by atoms with Crippen LogP contribution in [0.15, 0.2) is 48.5 Å². The molecule has 0 radical (unpaired) electrons. The highest BCUT2D eigenvalue weighted by molar-refractivity contribution is 7.89. The van der Waals surface area contributed by atoms with E-state index in [-0.39, 0.29) is 5.75 Å². The molecule has 3 aromatic rings. The van der Waals surface area contributed by atoms with Crippen LogP contribution in [0.4, 0.5) is 0 Å². The molecule has 0 aliphatic carbocycles. The first-order valence-electron chi connectivity index (χ1n) is 9.02. The van der Waals surface area contributed by atoms with E-state index in [1.807, 2.05) is 55.5 Å². The zero-order valence-corrected chi connectivity index (χ0v) is 15.7. The van der Waals surface area contributed by atoms with Crippen LogP contribution in [0, 0.1) is 6.92 Å². The molecular formula is C20H23N3O2S. The molecule has 5 nitrogen and oxygen atoms in total. The van der Waals surface area contributed by atoms with Crippen molar-refractivity contribution in [3.8, 4) is 0 Å². The monoisotopic (exact) mass is 369 g/mol.